The maximum absolute atomic E-state index is 12.7. The van der Waals surface area contributed by atoms with E-state index in [1.165, 1.54) is 0 Å². The van der Waals surface area contributed by atoms with Crippen molar-refractivity contribution in [3.8, 4) is 11.5 Å². The number of nitrogens with zero attached hydrogens (tertiary/aromatic N) is 1. The molecule has 24 heavy (non-hydrogen) atoms. The van der Waals surface area contributed by atoms with Crippen LogP contribution in [0.25, 0.3) is 0 Å². The van der Waals surface area contributed by atoms with Gasteiger partial charge in [-0.25, -0.2) is 0 Å². The van der Waals surface area contributed by atoms with Gasteiger partial charge in [-0.15, -0.1) is 0 Å². The molecule has 2 heterocycles. The molecule has 1 saturated carbocycles. The third kappa shape index (κ3) is 2.60. The predicted molar refractivity (Wildman–Crippen MR) is 85.0 cm³/mol. The first-order chi connectivity index (χ1) is 11.6. The molecule has 4 rings (SSSR count). The van der Waals surface area contributed by atoms with Crippen molar-refractivity contribution in [3.05, 3.63) is 23.8 Å². The summed E-state index contributed by atoms with van der Waals surface area (Å²) in [6.07, 6.45) is 4.06. The highest BCUT2D eigenvalue weighted by molar-refractivity contribution is 5.81. The van der Waals surface area contributed by atoms with Crippen LogP contribution >= 0.6 is 0 Å². The lowest BCUT2D eigenvalue weighted by atomic mass is 9.89. The molecule has 6 nitrogen and oxygen atoms in total. The number of ether oxygens (including phenoxy) is 2. The Balaban J connectivity index is 1.57. The van der Waals surface area contributed by atoms with Crippen molar-refractivity contribution in [1.82, 2.24) is 4.90 Å². The van der Waals surface area contributed by atoms with Gasteiger partial charge in [0.2, 0.25) is 12.7 Å². The van der Waals surface area contributed by atoms with E-state index < -0.39 is 11.9 Å². The largest absolute Gasteiger partial charge is 0.481 e. The number of carboxylic acids is 1. The second-order valence-corrected chi connectivity index (χ2v) is 6.89. The van der Waals surface area contributed by atoms with E-state index in [0.717, 1.165) is 31.2 Å². The van der Waals surface area contributed by atoms with Crippen LogP contribution in [-0.4, -0.2) is 41.8 Å². The SMILES string of the molecule is O=C(O)C1CN(C(=O)C2CCCC2)CC1c1ccc2c(c1)OCO2. The molecule has 1 N–H and O–H groups in total. The minimum atomic E-state index is -0.848. The van der Waals surface area contributed by atoms with E-state index in [1.54, 1.807) is 4.90 Å². The number of hydrogen-bond acceptors (Lipinski definition) is 4. The summed E-state index contributed by atoms with van der Waals surface area (Å²) in [4.78, 5) is 26.1. The molecule has 2 atom stereocenters. The first kappa shape index (κ1) is 15.3. The molecule has 6 heteroatoms. The molecule has 1 aromatic carbocycles. The number of hydrogen-bond donors (Lipinski definition) is 1. The highest BCUT2D eigenvalue weighted by atomic mass is 16.7. The third-order valence-corrected chi connectivity index (χ3v) is 5.48. The number of likely N-dealkylation sites (tertiary alicyclic amines) is 1. The molecule has 2 fully saturated rings. The lowest BCUT2D eigenvalue weighted by Crippen LogP contribution is -2.34. The molecule has 1 aromatic rings. The molecule has 0 aromatic heterocycles. The highest BCUT2D eigenvalue weighted by Gasteiger charge is 2.42. The van der Waals surface area contributed by atoms with E-state index in [4.69, 9.17) is 9.47 Å². The summed E-state index contributed by atoms with van der Waals surface area (Å²) < 4.78 is 10.7. The smallest absolute Gasteiger partial charge is 0.308 e. The second-order valence-electron chi connectivity index (χ2n) is 6.89. The normalized spacial score (nSPS) is 26.1. The fourth-order valence-electron chi connectivity index (χ4n) is 4.15. The Morgan fingerprint density at radius 1 is 1.08 bits per heavy atom. The number of benzene rings is 1. The Hall–Kier alpha value is -2.24. The Labute approximate surface area is 140 Å². The monoisotopic (exact) mass is 331 g/mol. The summed E-state index contributed by atoms with van der Waals surface area (Å²) in [5.74, 6) is -0.0888. The van der Waals surface area contributed by atoms with Gasteiger partial charge < -0.3 is 19.5 Å². The topological polar surface area (TPSA) is 76.1 Å². The molecule has 128 valence electrons. The Morgan fingerprint density at radius 2 is 1.83 bits per heavy atom. The Morgan fingerprint density at radius 3 is 2.58 bits per heavy atom. The summed E-state index contributed by atoms with van der Waals surface area (Å²) >= 11 is 0. The fraction of sp³-hybridized carbons (Fsp3) is 0.556. The van der Waals surface area contributed by atoms with Crippen molar-refractivity contribution in [2.24, 2.45) is 11.8 Å². The van der Waals surface area contributed by atoms with Crippen LogP contribution in [-0.2, 0) is 9.59 Å². The minimum absolute atomic E-state index is 0.0787. The molecule has 2 aliphatic heterocycles. The van der Waals surface area contributed by atoms with Gasteiger partial charge in [-0.3, -0.25) is 9.59 Å². The molecular weight excluding hydrogens is 310 g/mol. The van der Waals surface area contributed by atoms with Crippen molar-refractivity contribution in [2.45, 2.75) is 31.6 Å². The standard InChI is InChI=1S/C18H21NO5/c20-17(11-3-1-2-4-11)19-8-13(14(9-19)18(21)22)12-5-6-15-16(7-12)24-10-23-15/h5-7,11,13-14H,1-4,8-10H2,(H,21,22). The van der Waals surface area contributed by atoms with Gasteiger partial charge in [0, 0.05) is 24.9 Å². The van der Waals surface area contributed by atoms with Crippen molar-refractivity contribution in [2.75, 3.05) is 19.9 Å². The van der Waals surface area contributed by atoms with Gasteiger partial charge in [-0.1, -0.05) is 18.9 Å². The van der Waals surface area contributed by atoms with Gasteiger partial charge in [-0.05, 0) is 30.5 Å². The molecule has 0 bridgehead atoms. The van der Waals surface area contributed by atoms with Crippen LogP contribution in [0.2, 0.25) is 0 Å². The van der Waals surface area contributed by atoms with Crippen LogP contribution in [0.3, 0.4) is 0 Å². The van der Waals surface area contributed by atoms with Crippen LogP contribution in [0.1, 0.15) is 37.2 Å². The number of carbonyl (C=O) groups is 2. The van der Waals surface area contributed by atoms with E-state index >= 15 is 0 Å². The summed E-state index contributed by atoms with van der Waals surface area (Å²) in [7, 11) is 0. The molecular formula is C18H21NO5. The van der Waals surface area contributed by atoms with Crippen LogP contribution in [0.15, 0.2) is 18.2 Å². The van der Waals surface area contributed by atoms with Gasteiger partial charge in [0.05, 0.1) is 5.92 Å². The van der Waals surface area contributed by atoms with Gasteiger partial charge in [-0.2, -0.15) is 0 Å². The van der Waals surface area contributed by atoms with Crippen LogP contribution in [0, 0.1) is 11.8 Å². The lowest BCUT2D eigenvalue weighted by molar-refractivity contribution is -0.142. The molecule has 1 saturated heterocycles. The maximum Gasteiger partial charge on any atom is 0.308 e. The van der Waals surface area contributed by atoms with Crippen molar-refractivity contribution < 1.29 is 24.2 Å². The van der Waals surface area contributed by atoms with Gasteiger partial charge >= 0.3 is 5.97 Å². The zero-order valence-electron chi connectivity index (χ0n) is 13.4. The quantitative estimate of drug-likeness (QED) is 0.919. The van der Waals surface area contributed by atoms with Crippen LogP contribution in [0.4, 0.5) is 0 Å². The first-order valence-corrected chi connectivity index (χ1v) is 8.54. The minimum Gasteiger partial charge on any atom is -0.481 e. The van der Waals surface area contributed by atoms with Gasteiger partial charge in [0.15, 0.2) is 11.5 Å². The molecule has 2 unspecified atom stereocenters. The lowest BCUT2D eigenvalue weighted by Gasteiger charge is -2.20. The molecule has 1 amide bonds. The van der Waals surface area contributed by atoms with E-state index in [1.807, 2.05) is 18.2 Å². The average molecular weight is 331 g/mol. The number of carboxylic acid groups (broad SMARTS) is 1. The van der Waals surface area contributed by atoms with Gasteiger partial charge in [0.25, 0.3) is 0 Å². The predicted octanol–water partition coefficient (Wildman–Crippen LogP) is 2.23. The second kappa shape index (κ2) is 6.00. The number of rotatable bonds is 3. The number of aliphatic carboxylic acids is 1. The summed E-state index contributed by atoms with van der Waals surface area (Å²) in [6, 6.07) is 5.56. The van der Waals surface area contributed by atoms with Gasteiger partial charge in [0.1, 0.15) is 0 Å². The van der Waals surface area contributed by atoms with E-state index in [2.05, 4.69) is 0 Å². The van der Waals surface area contributed by atoms with E-state index in [9.17, 15) is 14.7 Å². The third-order valence-electron chi connectivity index (χ3n) is 5.48. The van der Waals surface area contributed by atoms with Crippen LogP contribution < -0.4 is 9.47 Å². The molecule has 0 spiro atoms. The zero-order chi connectivity index (χ0) is 16.7. The van der Waals surface area contributed by atoms with Crippen molar-refractivity contribution in [3.63, 3.8) is 0 Å². The van der Waals surface area contributed by atoms with E-state index in [0.29, 0.717) is 24.6 Å². The molecule has 3 aliphatic rings. The molecule has 1 aliphatic carbocycles. The molecule has 0 radical (unpaired) electrons. The number of amides is 1. The first-order valence-electron chi connectivity index (χ1n) is 8.54. The van der Waals surface area contributed by atoms with Crippen molar-refractivity contribution >= 4 is 11.9 Å². The van der Waals surface area contributed by atoms with Crippen molar-refractivity contribution in [1.29, 1.82) is 0 Å². The Kier molecular flexibility index (Phi) is 3.82. The summed E-state index contributed by atoms with van der Waals surface area (Å²) in [6.45, 7) is 0.952. The highest BCUT2D eigenvalue weighted by Crippen LogP contribution is 2.40. The maximum atomic E-state index is 12.7. The Bertz CT molecular complexity index is 667. The number of carbonyl (C=O) groups excluding carboxylic acids is 1. The zero-order valence-corrected chi connectivity index (χ0v) is 13.4. The average Bonchev–Trinajstić information content (AvgIpc) is 3.31. The fourth-order valence-corrected chi connectivity index (χ4v) is 4.15. The summed E-state index contributed by atoms with van der Waals surface area (Å²) in [5, 5.41) is 9.61. The summed E-state index contributed by atoms with van der Waals surface area (Å²) in [5.41, 5.74) is 0.897. The van der Waals surface area contributed by atoms with E-state index in [-0.39, 0.29) is 24.5 Å². The van der Waals surface area contributed by atoms with Crippen LogP contribution in [0.5, 0.6) is 11.5 Å². The number of fused-ring (bicyclic) bond motifs is 1.